The summed E-state index contributed by atoms with van der Waals surface area (Å²) in [5, 5.41) is 2.86. The van der Waals surface area contributed by atoms with E-state index in [2.05, 4.69) is 5.32 Å². The van der Waals surface area contributed by atoms with Crippen LogP contribution in [-0.4, -0.2) is 25.4 Å². The molecule has 6 heteroatoms. The molecule has 1 saturated heterocycles. The molecule has 0 unspecified atom stereocenters. The molecule has 0 radical (unpaired) electrons. The van der Waals surface area contributed by atoms with Gasteiger partial charge in [-0.2, -0.15) is 0 Å². The van der Waals surface area contributed by atoms with E-state index in [1.807, 2.05) is 27.7 Å². The Morgan fingerprint density at radius 1 is 1.05 bits per heavy atom. The van der Waals surface area contributed by atoms with Gasteiger partial charge in [-0.15, -0.1) is 0 Å². The lowest BCUT2D eigenvalue weighted by molar-refractivity contribution is 0.00578. The van der Waals surface area contributed by atoms with E-state index >= 15 is 0 Å². The van der Waals surface area contributed by atoms with Crippen molar-refractivity contribution in [1.82, 2.24) is 5.32 Å². The summed E-state index contributed by atoms with van der Waals surface area (Å²) in [7, 11) is 0.696. The van der Waals surface area contributed by atoms with E-state index in [9.17, 15) is 8.78 Å². The van der Waals surface area contributed by atoms with Crippen molar-refractivity contribution in [2.24, 2.45) is 0 Å². The number of hydrogen-bond acceptors (Lipinski definition) is 3. The highest BCUT2D eigenvalue weighted by molar-refractivity contribution is 6.62. The van der Waals surface area contributed by atoms with Crippen molar-refractivity contribution in [3.05, 3.63) is 29.3 Å². The highest BCUT2D eigenvalue weighted by Gasteiger charge is 2.53. The standard InChI is InChI=1S/C14H20BF2NO2/c1-13(2)14(3,4)20-15(19-13)12-10(16)6-9(8-18-5)7-11(12)17/h6-7,18H,8H2,1-5H3. The van der Waals surface area contributed by atoms with E-state index in [0.717, 1.165) is 0 Å². The maximum absolute atomic E-state index is 14.2. The van der Waals surface area contributed by atoms with Gasteiger partial charge in [-0.05, 0) is 52.4 Å². The third-order valence-electron chi connectivity index (χ3n) is 4.01. The van der Waals surface area contributed by atoms with Gasteiger partial charge in [0.2, 0.25) is 0 Å². The summed E-state index contributed by atoms with van der Waals surface area (Å²) in [6.07, 6.45) is 0. The average Bonchev–Trinajstić information content (AvgIpc) is 2.46. The second-order valence-corrected chi connectivity index (χ2v) is 6.09. The molecule has 0 aliphatic carbocycles. The Balaban J connectivity index is 2.36. The summed E-state index contributed by atoms with van der Waals surface area (Å²) in [4.78, 5) is 0. The Hall–Kier alpha value is -0.975. The normalized spacial score (nSPS) is 20.4. The molecule has 0 bridgehead atoms. The van der Waals surface area contributed by atoms with Crippen LogP contribution in [0.15, 0.2) is 12.1 Å². The maximum atomic E-state index is 14.2. The molecular formula is C14H20BF2NO2. The number of nitrogens with one attached hydrogen (secondary N) is 1. The van der Waals surface area contributed by atoms with Crippen LogP contribution in [0.5, 0.6) is 0 Å². The number of rotatable bonds is 3. The number of halogens is 2. The fourth-order valence-electron chi connectivity index (χ4n) is 2.13. The maximum Gasteiger partial charge on any atom is 0.500 e. The van der Waals surface area contributed by atoms with Crippen molar-refractivity contribution in [3.63, 3.8) is 0 Å². The van der Waals surface area contributed by atoms with Crippen LogP contribution in [0.25, 0.3) is 0 Å². The minimum atomic E-state index is -1.02. The summed E-state index contributed by atoms with van der Waals surface area (Å²) in [6.45, 7) is 7.78. The van der Waals surface area contributed by atoms with Gasteiger partial charge < -0.3 is 14.6 Å². The third kappa shape index (κ3) is 2.60. The van der Waals surface area contributed by atoms with Crippen molar-refractivity contribution in [3.8, 4) is 0 Å². The van der Waals surface area contributed by atoms with Crippen molar-refractivity contribution in [1.29, 1.82) is 0 Å². The molecule has 1 aromatic carbocycles. The smallest absolute Gasteiger partial charge is 0.399 e. The zero-order valence-corrected chi connectivity index (χ0v) is 12.5. The van der Waals surface area contributed by atoms with Gasteiger partial charge in [0.1, 0.15) is 11.6 Å². The van der Waals surface area contributed by atoms with Crippen LogP contribution in [0.3, 0.4) is 0 Å². The topological polar surface area (TPSA) is 30.5 Å². The molecular weight excluding hydrogens is 263 g/mol. The second kappa shape index (κ2) is 5.09. The van der Waals surface area contributed by atoms with Crippen LogP contribution in [-0.2, 0) is 15.9 Å². The lowest BCUT2D eigenvalue weighted by atomic mass is 9.77. The highest BCUT2D eigenvalue weighted by Crippen LogP contribution is 2.36. The number of hydrogen-bond donors (Lipinski definition) is 1. The van der Waals surface area contributed by atoms with Crippen molar-refractivity contribution >= 4 is 12.6 Å². The molecule has 0 saturated carbocycles. The predicted molar refractivity (Wildman–Crippen MR) is 74.8 cm³/mol. The van der Waals surface area contributed by atoms with E-state index in [0.29, 0.717) is 12.1 Å². The van der Waals surface area contributed by atoms with Gasteiger partial charge in [-0.25, -0.2) is 8.78 Å². The molecule has 1 aliphatic heterocycles. The van der Waals surface area contributed by atoms with Crippen LogP contribution in [0.1, 0.15) is 33.3 Å². The van der Waals surface area contributed by atoms with E-state index in [1.54, 1.807) is 7.05 Å². The van der Waals surface area contributed by atoms with Gasteiger partial charge >= 0.3 is 7.12 Å². The minimum Gasteiger partial charge on any atom is -0.399 e. The summed E-state index contributed by atoms with van der Waals surface area (Å²) < 4.78 is 39.7. The molecule has 1 fully saturated rings. The Morgan fingerprint density at radius 3 is 1.90 bits per heavy atom. The summed E-state index contributed by atoms with van der Waals surface area (Å²) in [6, 6.07) is 2.61. The Bertz CT molecular complexity index is 481. The van der Waals surface area contributed by atoms with E-state index in [-0.39, 0.29) is 5.46 Å². The predicted octanol–water partition coefficient (Wildman–Crippen LogP) is 1.98. The largest absolute Gasteiger partial charge is 0.500 e. The second-order valence-electron chi connectivity index (χ2n) is 6.09. The highest BCUT2D eigenvalue weighted by atomic mass is 19.1. The van der Waals surface area contributed by atoms with Gasteiger partial charge in [0, 0.05) is 6.54 Å². The van der Waals surface area contributed by atoms with Gasteiger partial charge in [0.15, 0.2) is 0 Å². The molecule has 1 N–H and O–H groups in total. The molecule has 0 spiro atoms. The van der Waals surface area contributed by atoms with Crippen LogP contribution in [0.4, 0.5) is 8.78 Å². The zero-order chi connectivity index (χ0) is 15.1. The Morgan fingerprint density at radius 2 is 1.50 bits per heavy atom. The van der Waals surface area contributed by atoms with Gasteiger partial charge in [-0.1, -0.05) is 0 Å². The van der Waals surface area contributed by atoms with E-state index in [1.165, 1.54) is 12.1 Å². The lowest BCUT2D eigenvalue weighted by Crippen LogP contribution is -2.41. The third-order valence-corrected chi connectivity index (χ3v) is 4.01. The first kappa shape index (κ1) is 15.4. The minimum absolute atomic E-state index is 0.163. The Kier molecular flexibility index (Phi) is 3.93. The first-order valence-electron chi connectivity index (χ1n) is 6.66. The van der Waals surface area contributed by atoms with E-state index < -0.39 is 30.0 Å². The molecule has 110 valence electrons. The van der Waals surface area contributed by atoms with Crippen molar-refractivity contribution < 1.29 is 18.1 Å². The molecule has 0 aromatic heterocycles. The lowest BCUT2D eigenvalue weighted by Gasteiger charge is -2.32. The van der Waals surface area contributed by atoms with Gasteiger partial charge in [0.05, 0.1) is 16.7 Å². The summed E-state index contributed by atoms with van der Waals surface area (Å²) >= 11 is 0. The SMILES string of the molecule is CNCc1cc(F)c(B2OC(C)(C)C(C)(C)O2)c(F)c1. The van der Waals surface area contributed by atoms with Gasteiger partial charge in [0.25, 0.3) is 0 Å². The first-order chi connectivity index (χ1) is 9.18. The van der Waals surface area contributed by atoms with Crippen molar-refractivity contribution in [2.45, 2.75) is 45.4 Å². The van der Waals surface area contributed by atoms with Crippen LogP contribution in [0.2, 0.25) is 0 Å². The van der Waals surface area contributed by atoms with Crippen LogP contribution >= 0.6 is 0 Å². The molecule has 20 heavy (non-hydrogen) atoms. The fraction of sp³-hybridized carbons (Fsp3) is 0.571. The molecule has 3 nitrogen and oxygen atoms in total. The van der Waals surface area contributed by atoms with Crippen molar-refractivity contribution in [2.75, 3.05) is 7.05 Å². The zero-order valence-electron chi connectivity index (χ0n) is 12.5. The molecule has 0 amide bonds. The molecule has 2 rings (SSSR count). The van der Waals surface area contributed by atoms with E-state index in [4.69, 9.17) is 9.31 Å². The van der Waals surface area contributed by atoms with Crippen LogP contribution < -0.4 is 10.8 Å². The monoisotopic (exact) mass is 283 g/mol. The summed E-state index contributed by atoms with van der Waals surface area (Å²) in [5.74, 6) is -1.29. The molecule has 0 atom stereocenters. The average molecular weight is 283 g/mol. The first-order valence-corrected chi connectivity index (χ1v) is 6.66. The Labute approximate surface area is 118 Å². The molecule has 1 aliphatic rings. The van der Waals surface area contributed by atoms with Gasteiger partial charge in [-0.3, -0.25) is 0 Å². The van der Waals surface area contributed by atoms with Crippen LogP contribution in [0, 0.1) is 11.6 Å². The summed E-state index contributed by atoms with van der Waals surface area (Å²) in [5.41, 5.74) is -0.869. The number of benzene rings is 1. The quantitative estimate of drug-likeness (QED) is 0.860. The fourth-order valence-corrected chi connectivity index (χ4v) is 2.13. The molecule has 1 heterocycles. The molecule has 1 aromatic rings.